The van der Waals surface area contributed by atoms with Crippen LogP contribution in [0.4, 0.5) is 10.1 Å². The first-order valence-electron chi connectivity index (χ1n) is 6.83. The van der Waals surface area contributed by atoms with Gasteiger partial charge in [0.15, 0.2) is 5.82 Å². The molecule has 1 saturated carbocycles. The third-order valence-corrected chi connectivity index (χ3v) is 3.55. The summed E-state index contributed by atoms with van der Waals surface area (Å²) in [5.41, 5.74) is 6.58. The van der Waals surface area contributed by atoms with Crippen LogP contribution in [0, 0.1) is 11.7 Å². The molecule has 0 bridgehead atoms. The zero-order valence-electron chi connectivity index (χ0n) is 11.4. The molecule has 3 N–H and O–H groups in total. The lowest BCUT2D eigenvalue weighted by atomic mass is 10.1. The number of nitrogens with two attached hydrogens (primary N) is 1. The summed E-state index contributed by atoms with van der Waals surface area (Å²) in [6, 6.07) is 4.32. The van der Waals surface area contributed by atoms with Crippen molar-refractivity contribution >= 4 is 11.6 Å². The molecule has 1 aliphatic carbocycles. The van der Waals surface area contributed by atoms with E-state index < -0.39 is 5.82 Å². The molecule has 0 saturated heterocycles. The van der Waals surface area contributed by atoms with Crippen LogP contribution in [0.25, 0.3) is 5.69 Å². The molecular formula is C14H16FN5O. The third kappa shape index (κ3) is 3.25. The molecule has 0 radical (unpaired) electrons. The maximum absolute atomic E-state index is 14.0. The summed E-state index contributed by atoms with van der Waals surface area (Å²) in [6.07, 6.45) is 5.18. The minimum Gasteiger partial charge on any atom is -0.327 e. The summed E-state index contributed by atoms with van der Waals surface area (Å²) in [5.74, 6) is -0.214. The summed E-state index contributed by atoms with van der Waals surface area (Å²) in [4.78, 5) is 15.6. The van der Waals surface area contributed by atoms with Crippen LogP contribution < -0.4 is 11.1 Å². The van der Waals surface area contributed by atoms with Gasteiger partial charge in [-0.15, -0.1) is 0 Å². The Morgan fingerprint density at radius 1 is 1.52 bits per heavy atom. The van der Waals surface area contributed by atoms with E-state index in [-0.39, 0.29) is 24.1 Å². The lowest BCUT2D eigenvalue weighted by Crippen LogP contribution is -2.28. The van der Waals surface area contributed by atoms with E-state index in [2.05, 4.69) is 15.4 Å². The number of nitrogens with one attached hydrogen (secondary N) is 1. The quantitative estimate of drug-likeness (QED) is 0.872. The van der Waals surface area contributed by atoms with Crippen molar-refractivity contribution in [1.82, 2.24) is 14.8 Å². The van der Waals surface area contributed by atoms with Gasteiger partial charge in [0.25, 0.3) is 0 Å². The van der Waals surface area contributed by atoms with E-state index in [9.17, 15) is 9.18 Å². The fraction of sp³-hybridized carbons (Fsp3) is 0.357. The number of rotatable bonds is 5. The predicted molar refractivity (Wildman–Crippen MR) is 75.3 cm³/mol. The molecule has 6 nitrogen and oxygen atoms in total. The van der Waals surface area contributed by atoms with Crippen LogP contribution in [-0.2, 0) is 4.79 Å². The summed E-state index contributed by atoms with van der Waals surface area (Å²) in [7, 11) is 0. The molecule has 2 aromatic rings. The molecule has 1 fully saturated rings. The van der Waals surface area contributed by atoms with Crippen molar-refractivity contribution in [2.45, 2.75) is 25.3 Å². The van der Waals surface area contributed by atoms with Gasteiger partial charge in [0.1, 0.15) is 18.3 Å². The van der Waals surface area contributed by atoms with E-state index in [1.807, 2.05) is 0 Å². The van der Waals surface area contributed by atoms with E-state index in [1.165, 1.54) is 23.4 Å². The van der Waals surface area contributed by atoms with Gasteiger partial charge in [0.2, 0.25) is 5.91 Å². The third-order valence-electron chi connectivity index (χ3n) is 3.55. The molecule has 3 rings (SSSR count). The van der Waals surface area contributed by atoms with Gasteiger partial charge in [-0.25, -0.2) is 14.1 Å². The van der Waals surface area contributed by atoms with Crippen molar-refractivity contribution < 1.29 is 9.18 Å². The van der Waals surface area contributed by atoms with Crippen LogP contribution in [0.2, 0.25) is 0 Å². The Morgan fingerprint density at radius 2 is 2.33 bits per heavy atom. The first-order chi connectivity index (χ1) is 10.1. The Labute approximate surface area is 121 Å². The molecule has 1 amide bonds. The van der Waals surface area contributed by atoms with Crippen LogP contribution in [0.15, 0.2) is 30.9 Å². The van der Waals surface area contributed by atoms with E-state index in [1.54, 1.807) is 12.1 Å². The number of amides is 1. The lowest BCUT2D eigenvalue weighted by molar-refractivity contribution is -0.116. The first-order valence-corrected chi connectivity index (χ1v) is 6.83. The number of anilines is 1. The number of halogens is 1. The molecule has 21 heavy (non-hydrogen) atoms. The Hall–Kier alpha value is -2.28. The van der Waals surface area contributed by atoms with Gasteiger partial charge in [0.05, 0.1) is 0 Å². The van der Waals surface area contributed by atoms with Crippen LogP contribution in [0.3, 0.4) is 0 Å². The summed E-state index contributed by atoms with van der Waals surface area (Å²) in [6.45, 7) is 0. The average molecular weight is 289 g/mol. The molecule has 0 spiro atoms. The highest BCUT2D eigenvalue weighted by molar-refractivity contribution is 5.91. The van der Waals surface area contributed by atoms with Crippen LogP contribution >= 0.6 is 0 Å². The Balaban J connectivity index is 1.66. The lowest BCUT2D eigenvalue weighted by Gasteiger charge is -2.11. The Morgan fingerprint density at radius 3 is 2.95 bits per heavy atom. The van der Waals surface area contributed by atoms with Gasteiger partial charge in [-0.3, -0.25) is 4.79 Å². The second-order valence-corrected chi connectivity index (χ2v) is 5.26. The predicted octanol–water partition coefficient (Wildman–Crippen LogP) is 1.47. The monoisotopic (exact) mass is 289 g/mol. The van der Waals surface area contributed by atoms with Gasteiger partial charge >= 0.3 is 0 Å². The van der Waals surface area contributed by atoms with Gasteiger partial charge in [-0.2, -0.15) is 5.10 Å². The van der Waals surface area contributed by atoms with Gasteiger partial charge in [-0.1, -0.05) is 0 Å². The zero-order chi connectivity index (χ0) is 14.8. The van der Waals surface area contributed by atoms with E-state index in [4.69, 9.17) is 5.73 Å². The number of carbonyl (C=O) groups is 1. The number of aromatic nitrogens is 3. The van der Waals surface area contributed by atoms with Crippen molar-refractivity contribution in [1.29, 1.82) is 0 Å². The van der Waals surface area contributed by atoms with Gasteiger partial charge in [0, 0.05) is 18.2 Å². The minimum atomic E-state index is -0.482. The highest BCUT2D eigenvalue weighted by Gasteiger charge is 2.29. The summed E-state index contributed by atoms with van der Waals surface area (Å²) in [5, 5.41) is 6.53. The number of hydrogen-bond donors (Lipinski definition) is 2. The van der Waals surface area contributed by atoms with Crippen LogP contribution in [0.5, 0.6) is 0 Å². The van der Waals surface area contributed by atoms with Crippen molar-refractivity contribution in [2.75, 3.05) is 5.32 Å². The van der Waals surface area contributed by atoms with Crippen molar-refractivity contribution in [3.05, 3.63) is 36.7 Å². The van der Waals surface area contributed by atoms with E-state index in [0.29, 0.717) is 11.6 Å². The molecule has 1 atom stereocenters. The second kappa shape index (κ2) is 5.61. The van der Waals surface area contributed by atoms with Crippen molar-refractivity contribution in [3.63, 3.8) is 0 Å². The summed E-state index contributed by atoms with van der Waals surface area (Å²) >= 11 is 0. The second-order valence-electron chi connectivity index (χ2n) is 5.26. The maximum atomic E-state index is 14.0. The van der Waals surface area contributed by atoms with Gasteiger partial charge < -0.3 is 11.1 Å². The topological polar surface area (TPSA) is 85.8 Å². The van der Waals surface area contributed by atoms with Crippen molar-refractivity contribution in [3.8, 4) is 5.69 Å². The minimum absolute atomic E-state index is 0.107. The molecular weight excluding hydrogens is 273 g/mol. The molecule has 1 aromatic carbocycles. The smallest absolute Gasteiger partial charge is 0.225 e. The average Bonchev–Trinajstić information content (AvgIpc) is 3.16. The first kappa shape index (κ1) is 13.7. The maximum Gasteiger partial charge on any atom is 0.225 e. The van der Waals surface area contributed by atoms with Crippen LogP contribution in [0.1, 0.15) is 19.3 Å². The Bertz CT molecular complexity index is 639. The number of benzene rings is 1. The Kier molecular flexibility index (Phi) is 3.66. The number of hydrogen-bond acceptors (Lipinski definition) is 4. The van der Waals surface area contributed by atoms with Crippen molar-refractivity contribution in [2.24, 2.45) is 11.7 Å². The highest BCUT2D eigenvalue weighted by Crippen LogP contribution is 2.32. The fourth-order valence-corrected chi connectivity index (χ4v) is 2.22. The van der Waals surface area contributed by atoms with E-state index >= 15 is 0 Å². The molecule has 1 aromatic heterocycles. The summed E-state index contributed by atoms with van der Waals surface area (Å²) < 4.78 is 15.3. The SMILES string of the molecule is NC(CC(=O)Nc1ccc(-n2cncn2)c(F)c1)C1CC1. The normalized spacial score (nSPS) is 15.7. The molecule has 110 valence electrons. The van der Waals surface area contributed by atoms with Crippen LogP contribution in [-0.4, -0.2) is 26.7 Å². The number of nitrogens with zero attached hydrogens (tertiary/aromatic N) is 3. The largest absolute Gasteiger partial charge is 0.327 e. The molecule has 7 heteroatoms. The molecule has 1 unspecified atom stereocenters. The number of carbonyl (C=O) groups excluding carboxylic acids is 1. The molecule has 1 aliphatic rings. The van der Waals surface area contributed by atoms with E-state index in [0.717, 1.165) is 12.8 Å². The molecule has 0 aliphatic heterocycles. The van der Waals surface area contributed by atoms with Gasteiger partial charge in [-0.05, 0) is 37.0 Å². The zero-order valence-corrected chi connectivity index (χ0v) is 11.4. The fourth-order valence-electron chi connectivity index (χ4n) is 2.22. The standard InChI is InChI=1S/C14H16FN5O/c15-11-5-10(3-4-13(11)20-8-17-7-18-20)19-14(21)6-12(16)9-1-2-9/h3-5,7-9,12H,1-2,6,16H2,(H,19,21). The highest BCUT2D eigenvalue weighted by atomic mass is 19.1. The molecule has 1 heterocycles.